The first-order valence-corrected chi connectivity index (χ1v) is 11.2. The monoisotopic (exact) mass is 413 g/mol. The molecule has 0 saturated carbocycles. The number of nitrogens with zero attached hydrogens (tertiary/aromatic N) is 3. The molecule has 1 aliphatic carbocycles. The van der Waals surface area contributed by atoms with Gasteiger partial charge in [-0.3, -0.25) is 14.7 Å². The van der Waals surface area contributed by atoms with Gasteiger partial charge in [0.2, 0.25) is 0 Å². The van der Waals surface area contributed by atoms with Crippen LogP contribution in [0.1, 0.15) is 45.6 Å². The summed E-state index contributed by atoms with van der Waals surface area (Å²) < 4.78 is 1.09. The Morgan fingerprint density at radius 1 is 1.03 bits per heavy atom. The average molecular weight is 414 g/mol. The highest BCUT2D eigenvalue weighted by Gasteiger charge is 2.23. The third kappa shape index (κ3) is 3.73. The van der Waals surface area contributed by atoms with Crippen LogP contribution in [0.2, 0.25) is 0 Å². The van der Waals surface area contributed by atoms with Gasteiger partial charge >= 0.3 is 0 Å². The molecule has 5 rings (SSSR count). The summed E-state index contributed by atoms with van der Waals surface area (Å²) in [4.78, 5) is 24.6. The van der Waals surface area contributed by atoms with E-state index in [1.807, 2.05) is 30.3 Å². The Morgan fingerprint density at radius 2 is 1.90 bits per heavy atom. The maximum absolute atomic E-state index is 13.6. The van der Waals surface area contributed by atoms with Crippen LogP contribution in [0.15, 0.2) is 60.8 Å². The molecule has 150 valence electrons. The minimum Gasteiger partial charge on any atom is -0.278 e. The minimum absolute atomic E-state index is 0.0233. The first-order chi connectivity index (χ1) is 14.7. The molecule has 30 heavy (non-hydrogen) atoms. The Bertz CT molecular complexity index is 1220. The topological polar surface area (TPSA) is 46.1 Å². The predicted molar refractivity (Wildman–Crippen MR) is 122 cm³/mol. The molecule has 2 aromatic heterocycles. The lowest BCUT2D eigenvalue weighted by molar-refractivity contribution is 0.0984. The van der Waals surface area contributed by atoms with Gasteiger partial charge in [-0.1, -0.05) is 29.5 Å². The van der Waals surface area contributed by atoms with E-state index < -0.39 is 0 Å². The van der Waals surface area contributed by atoms with E-state index in [1.165, 1.54) is 29.5 Å². The van der Waals surface area contributed by atoms with E-state index in [4.69, 9.17) is 4.98 Å². The summed E-state index contributed by atoms with van der Waals surface area (Å²) in [6.45, 7) is 2.47. The fourth-order valence-corrected chi connectivity index (χ4v) is 5.10. The van der Waals surface area contributed by atoms with Gasteiger partial charge in [0.15, 0.2) is 5.13 Å². The zero-order valence-corrected chi connectivity index (χ0v) is 17.8. The summed E-state index contributed by atoms with van der Waals surface area (Å²) in [5.41, 5.74) is 6.37. The Kier molecular flexibility index (Phi) is 5.05. The van der Waals surface area contributed by atoms with Crippen LogP contribution in [-0.2, 0) is 19.4 Å². The molecule has 5 heteroatoms. The highest BCUT2D eigenvalue weighted by molar-refractivity contribution is 7.22. The first-order valence-electron chi connectivity index (χ1n) is 10.4. The Balaban J connectivity index is 1.55. The maximum atomic E-state index is 13.6. The third-order valence-electron chi connectivity index (χ3n) is 5.65. The van der Waals surface area contributed by atoms with Crippen LogP contribution >= 0.6 is 11.3 Å². The number of pyridine rings is 1. The molecule has 0 unspecified atom stereocenters. The number of carbonyl (C=O) groups is 1. The summed E-state index contributed by atoms with van der Waals surface area (Å²) in [6.07, 6.45) is 6.35. The number of aromatic nitrogens is 2. The van der Waals surface area contributed by atoms with Gasteiger partial charge in [-0.25, -0.2) is 4.98 Å². The number of amides is 1. The second kappa shape index (κ2) is 8.00. The summed E-state index contributed by atoms with van der Waals surface area (Å²) in [7, 11) is 0. The van der Waals surface area contributed by atoms with E-state index in [9.17, 15) is 4.79 Å². The Morgan fingerprint density at radius 3 is 2.73 bits per heavy atom. The van der Waals surface area contributed by atoms with Crippen molar-refractivity contribution in [1.82, 2.24) is 9.97 Å². The number of thiazole rings is 1. The van der Waals surface area contributed by atoms with Crippen molar-refractivity contribution in [3.63, 3.8) is 0 Å². The van der Waals surface area contributed by atoms with Crippen LogP contribution in [0.25, 0.3) is 10.2 Å². The van der Waals surface area contributed by atoms with E-state index in [0.717, 1.165) is 34.3 Å². The van der Waals surface area contributed by atoms with Gasteiger partial charge in [0, 0.05) is 11.8 Å². The zero-order valence-electron chi connectivity index (χ0n) is 17.0. The van der Waals surface area contributed by atoms with Crippen molar-refractivity contribution < 1.29 is 4.79 Å². The lowest BCUT2D eigenvalue weighted by Crippen LogP contribution is -2.31. The second-order valence-corrected chi connectivity index (χ2v) is 8.88. The molecule has 0 saturated heterocycles. The van der Waals surface area contributed by atoms with Crippen LogP contribution < -0.4 is 4.90 Å². The summed E-state index contributed by atoms with van der Waals surface area (Å²) in [5.74, 6) is -0.0233. The molecule has 1 amide bonds. The van der Waals surface area contributed by atoms with E-state index in [0.29, 0.717) is 11.7 Å². The number of fused-ring (bicyclic) bond motifs is 2. The predicted octanol–water partition coefficient (Wildman–Crippen LogP) is 5.73. The highest BCUT2D eigenvalue weighted by atomic mass is 32.1. The number of rotatable bonds is 4. The van der Waals surface area contributed by atoms with Crippen LogP contribution in [-0.4, -0.2) is 15.9 Å². The zero-order chi connectivity index (χ0) is 20.5. The molecule has 0 atom stereocenters. The van der Waals surface area contributed by atoms with Gasteiger partial charge in [0.1, 0.15) is 0 Å². The number of carbonyl (C=O) groups excluding carboxylic acids is 1. The molecular weight excluding hydrogens is 390 g/mol. The van der Waals surface area contributed by atoms with Crippen molar-refractivity contribution >= 4 is 32.6 Å². The van der Waals surface area contributed by atoms with Crippen LogP contribution in [0, 0.1) is 6.92 Å². The third-order valence-corrected chi connectivity index (χ3v) is 6.69. The number of hydrogen-bond acceptors (Lipinski definition) is 4. The molecule has 0 bridgehead atoms. The molecule has 4 nitrogen and oxygen atoms in total. The van der Waals surface area contributed by atoms with Gasteiger partial charge < -0.3 is 0 Å². The smallest absolute Gasteiger partial charge is 0.260 e. The number of aryl methyl sites for hydroxylation is 3. The van der Waals surface area contributed by atoms with Crippen LogP contribution in [0.5, 0.6) is 0 Å². The highest BCUT2D eigenvalue weighted by Crippen LogP contribution is 2.32. The van der Waals surface area contributed by atoms with Gasteiger partial charge in [0.25, 0.3) is 5.91 Å². The van der Waals surface area contributed by atoms with Gasteiger partial charge in [-0.2, -0.15) is 0 Å². The molecule has 0 N–H and O–H groups in total. The van der Waals surface area contributed by atoms with Crippen LogP contribution in [0.3, 0.4) is 0 Å². The first kappa shape index (κ1) is 18.9. The van der Waals surface area contributed by atoms with Crippen molar-refractivity contribution in [2.75, 3.05) is 4.90 Å². The maximum Gasteiger partial charge on any atom is 0.260 e. The SMILES string of the molecule is Cc1ccc2nc(N(Cc3ccccn3)C(=O)c3ccc4c(c3)CCCC4)sc2c1. The van der Waals surface area contributed by atoms with E-state index in [1.54, 1.807) is 22.4 Å². The molecule has 0 fully saturated rings. The van der Waals surface area contributed by atoms with Crippen molar-refractivity contribution in [2.45, 2.75) is 39.2 Å². The number of hydrogen-bond donors (Lipinski definition) is 0. The lowest BCUT2D eigenvalue weighted by atomic mass is 9.90. The van der Waals surface area contributed by atoms with Gasteiger partial charge in [0.05, 0.1) is 22.5 Å². The molecule has 2 heterocycles. The Hall–Kier alpha value is -3.05. The van der Waals surface area contributed by atoms with Crippen molar-refractivity contribution in [1.29, 1.82) is 0 Å². The molecule has 1 aliphatic rings. The second-order valence-electron chi connectivity index (χ2n) is 7.87. The normalized spacial score (nSPS) is 13.2. The largest absolute Gasteiger partial charge is 0.278 e. The molecular formula is C25H23N3OS. The van der Waals surface area contributed by atoms with Crippen molar-refractivity contribution in [3.05, 3.63) is 88.7 Å². The number of benzene rings is 2. The fraction of sp³-hybridized carbons (Fsp3) is 0.240. The molecule has 0 aliphatic heterocycles. The Labute approximate surface area is 180 Å². The van der Waals surface area contributed by atoms with Gasteiger partial charge in [-0.05, 0) is 85.7 Å². The molecule has 4 aromatic rings. The molecule has 0 spiro atoms. The fourth-order valence-electron chi connectivity index (χ4n) is 4.04. The standard InChI is InChI=1S/C25H23N3OS/c1-17-9-12-22-23(14-17)30-25(27-22)28(16-21-8-4-5-13-26-21)24(29)20-11-10-18-6-2-3-7-19(18)15-20/h4-5,8-15H,2-3,6-7,16H2,1H3. The minimum atomic E-state index is -0.0233. The van der Waals surface area contributed by atoms with E-state index in [-0.39, 0.29) is 5.91 Å². The van der Waals surface area contributed by atoms with E-state index >= 15 is 0 Å². The summed E-state index contributed by atoms with van der Waals surface area (Å²) in [6, 6.07) is 18.2. The quantitative estimate of drug-likeness (QED) is 0.429. The molecule has 0 radical (unpaired) electrons. The van der Waals surface area contributed by atoms with Crippen LogP contribution in [0.4, 0.5) is 5.13 Å². The average Bonchev–Trinajstić information content (AvgIpc) is 3.20. The summed E-state index contributed by atoms with van der Waals surface area (Å²) >= 11 is 1.56. The summed E-state index contributed by atoms with van der Waals surface area (Å²) in [5, 5.41) is 0.712. The van der Waals surface area contributed by atoms with Gasteiger partial charge in [-0.15, -0.1) is 0 Å². The van der Waals surface area contributed by atoms with Crippen molar-refractivity contribution in [3.8, 4) is 0 Å². The number of anilines is 1. The van der Waals surface area contributed by atoms with Crippen molar-refractivity contribution in [2.24, 2.45) is 0 Å². The van der Waals surface area contributed by atoms with E-state index in [2.05, 4.69) is 36.2 Å². The lowest BCUT2D eigenvalue weighted by Gasteiger charge is -2.21. The molecule has 2 aromatic carbocycles.